The number of nitrogen functional groups attached to an aromatic ring is 1. The van der Waals surface area contributed by atoms with Gasteiger partial charge in [0.25, 0.3) is 0 Å². The van der Waals surface area contributed by atoms with Crippen LogP contribution in [0.15, 0.2) is 57.7 Å². The maximum absolute atomic E-state index is 12.7. The van der Waals surface area contributed by atoms with Crippen molar-refractivity contribution in [2.24, 2.45) is 0 Å². The Bertz CT molecular complexity index is 1320. The van der Waals surface area contributed by atoms with Gasteiger partial charge in [-0.1, -0.05) is 18.2 Å². The molecule has 8 nitrogen and oxygen atoms in total. The monoisotopic (exact) mass is 388 g/mol. The molecule has 0 aliphatic carbocycles. The van der Waals surface area contributed by atoms with Crippen molar-refractivity contribution in [1.29, 1.82) is 5.26 Å². The minimum absolute atomic E-state index is 0.115. The second-order valence-electron chi connectivity index (χ2n) is 6.13. The van der Waals surface area contributed by atoms with Gasteiger partial charge < -0.3 is 19.6 Å². The fourth-order valence-electron chi connectivity index (χ4n) is 3.24. The van der Waals surface area contributed by atoms with Crippen molar-refractivity contribution in [3.8, 4) is 34.4 Å². The highest BCUT2D eigenvalue weighted by Crippen LogP contribution is 2.40. The molecule has 2 aromatic heterocycles. The molecule has 0 fully saturated rings. The Morgan fingerprint density at radius 1 is 1.14 bits per heavy atom. The molecule has 4 aromatic rings. The Morgan fingerprint density at radius 3 is 2.55 bits per heavy atom. The van der Waals surface area contributed by atoms with Crippen molar-refractivity contribution in [2.45, 2.75) is 0 Å². The predicted octanol–water partition coefficient (Wildman–Crippen LogP) is 3.12. The van der Waals surface area contributed by atoms with Crippen molar-refractivity contribution in [3.05, 3.63) is 64.5 Å². The maximum atomic E-state index is 12.7. The van der Waals surface area contributed by atoms with Crippen molar-refractivity contribution >= 4 is 16.9 Å². The highest BCUT2D eigenvalue weighted by molar-refractivity contribution is 6.03. The number of fused-ring (bicyclic) bond motifs is 1. The number of hydrogen-bond donors (Lipinski definition) is 1. The lowest BCUT2D eigenvalue weighted by Crippen LogP contribution is -2.08. The first kappa shape index (κ1) is 18.1. The van der Waals surface area contributed by atoms with Crippen LogP contribution in [0.4, 0.5) is 5.82 Å². The third kappa shape index (κ3) is 2.85. The second-order valence-corrected chi connectivity index (χ2v) is 6.13. The average Bonchev–Trinajstić information content (AvgIpc) is 3.08. The van der Waals surface area contributed by atoms with Crippen molar-refractivity contribution in [1.82, 2.24) is 9.78 Å². The molecule has 0 atom stereocenters. The summed E-state index contributed by atoms with van der Waals surface area (Å²) in [6.07, 6.45) is 0. The van der Waals surface area contributed by atoms with Gasteiger partial charge in [0.2, 0.25) is 5.71 Å². The van der Waals surface area contributed by atoms with E-state index < -0.39 is 5.63 Å². The molecule has 0 bridgehead atoms. The molecule has 0 spiro atoms. The number of hydrogen-bond acceptors (Lipinski definition) is 7. The number of aromatic nitrogens is 2. The van der Waals surface area contributed by atoms with E-state index in [0.29, 0.717) is 28.1 Å². The molecule has 0 saturated heterocycles. The Kier molecular flexibility index (Phi) is 4.41. The molecule has 0 saturated carbocycles. The zero-order valence-corrected chi connectivity index (χ0v) is 15.7. The zero-order chi connectivity index (χ0) is 20.5. The van der Waals surface area contributed by atoms with Crippen LogP contribution in [0.1, 0.15) is 5.56 Å². The van der Waals surface area contributed by atoms with Crippen molar-refractivity contribution in [3.63, 3.8) is 0 Å². The Morgan fingerprint density at radius 2 is 1.90 bits per heavy atom. The Hall–Kier alpha value is -4.25. The van der Waals surface area contributed by atoms with Crippen molar-refractivity contribution in [2.75, 3.05) is 20.0 Å². The summed E-state index contributed by atoms with van der Waals surface area (Å²) in [5, 5.41) is 14.4. The van der Waals surface area contributed by atoms with Crippen LogP contribution in [0.25, 0.3) is 27.9 Å². The number of nitrogens with zero attached hydrogens (tertiary/aromatic N) is 3. The summed E-state index contributed by atoms with van der Waals surface area (Å²) in [5.74, 6) is 1.09. The molecular formula is C21H16N4O4. The van der Waals surface area contributed by atoms with E-state index in [4.69, 9.17) is 19.6 Å². The molecule has 0 aliphatic heterocycles. The molecule has 2 heterocycles. The van der Waals surface area contributed by atoms with Gasteiger partial charge in [-0.05, 0) is 30.3 Å². The van der Waals surface area contributed by atoms with Gasteiger partial charge in [-0.15, -0.1) is 5.10 Å². The SMILES string of the molecule is COc1ccc(OC)c(-c2c(C#N)c(=O)oc3c2c(N)nn3-c2ccccc2)c1. The van der Waals surface area contributed by atoms with Gasteiger partial charge in [-0.3, -0.25) is 0 Å². The number of methoxy groups -OCH3 is 2. The summed E-state index contributed by atoms with van der Waals surface area (Å²) >= 11 is 0. The van der Waals surface area contributed by atoms with E-state index >= 15 is 0 Å². The van der Waals surface area contributed by atoms with E-state index in [1.807, 2.05) is 24.3 Å². The van der Waals surface area contributed by atoms with Crippen LogP contribution in [0, 0.1) is 11.3 Å². The van der Waals surface area contributed by atoms with Gasteiger partial charge in [0.05, 0.1) is 25.3 Å². The molecule has 8 heteroatoms. The van der Waals surface area contributed by atoms with E-state index in [2.05, 4.69) is 5.10 Å². The third-order valence-electron chi connectivity index (χ3n) is 4.55. The maximum Gasteiger partial charge on any atom is 0.356 e. The summed E-state index contributed by atoms with van der Waals surface area (Å²) in [6, 6.07) is 16.1. The number of para-hydroxylation sites is 1. The minimum Gasteiger partial charge on any atom is -0.497 e. The summed E-state index contributed by atoms with van der Waals surface area (Å²) in [4.78, 5) is 12.7. The van der Waals surface area contributed by atoms with E-state index in [0.717, 1.165) is 0 Å². The molecule has 2 aromatic carbocycles. The lowest BCUT2D eigenvalue weighted by Gasteiger charge is -2.12. The first-order valence-corrected chi connectivity index (χ1v) is 8.62. The second kappa shape index (κ2) is 7.05. The molecule has 0 radical (unpaired) electrons. The molecule has 2 N–H and O–H groups in total. The highest BCUT2D eigenvalue weighted by Gasteiger charge is 2.25. The number of nitriles is 1. The van der Waals surface area contributed by atoms with Crippen LogP contribution in [-0.4, -0.2) is 24.0 Å². The van der Waals surface area contributed by atoms with Crippen LogP contribution >= 0.6 is 0 Å². The van der Waals surface area contributed by atoms with E-state index in [9.17, 15) is 10.1 Å². The summed E-state index contributed by atoms with van der Waals surface area (Å²) in [6.45, 7) is 0. The van der Waals surface area contributed by atoms with Gasteiger partial charge in [0.15, 0.2) is 5.82 Å². The number of rotatable bonds is 4. The van der Waals surface area contributed by atoms with Gasteiger partial charge in [0, 0.05) is 11.1 Å². The molecule has 0 unspecified atom stereocenters. The van der Waals surface area contributed by atoms with Gasteiger partial charge >= 0.3 is 5.63 Å². The molecule has 0 amide bonds. The highest BCUT2D eigenvalue weighted by atomic mass is 16.5. The standard InChI is InChI=1S/C21H16N4O4/c1-27-13-8-9-16(28-2)14(10-13)17-15(11-22)21(26)29-20-18(17)19(23)24-25(20)12-6-4-3-5-7-12/h3-10H,1-2H3,(H2,23,24). The number of ether oxygens (including phenoxy) is 2. The molecule has 4 rings (SSSR count). The number of benzene rings is 2. The van der Waals surface area contributed by atoms with Gasteiger partial charge in [-0.25, -0.2) is 4.79 Å². The Labute approximate surface area is 165 Å². The van der Waals surface area contributed by atoms with Gasteiger partial charge in [-0.2, -0.15) is 9.94 Å². The molecule has 29 heavy (non-hydrogen) atoms. The van der Waals surface area contributed by atoms with Gasteiger partial charge in [0.1, 0.15) is 23.1 Å². The van der Waals surface area contributed by atoms with Crippen LogP contribution < -0.4 is 20.8 Å². The van der Waals surface area contributed by atoms with E-state index in [-0.39, 0.29) is 22.7 Å². The van der Waals surface area contributed by atoms with Crippen molar-refractivity contribution < 1.29 is 13.9 Å². The lowest BCUT2D eigenvalue weighted by molar-refractivity contribution is 0.404. The van der Waals surface area contributed by atoms with Crippen LogP contribution in [0.2, 0.25) is 0 Å². The molecule has 0 aliphatic rings. The predicted molar refractivity (Wildman–Crippen MR) is 107 cm³/mol. The number of anilines is 1. The first-order chi connectivity index (χ1) is 14.1. The third-order valence-corrected chi connectivity index (χ3v) is 4.55. The van der Waals surface area contributed by atoms with Crippen LogP contribution in [-0.2, 0) is 0 Å². The largest absolute Gasteiger partial charge is 0.497 e. The minimum atomic E-state index is -0.794. The first-order valence-electron chi connectivity index (χ1n) is 8.62. The number of nitrogens with two attached hydrogens (primary N) is 1. The molecule has 144 valence electrons. The summed E-state index contributed by atoms with van der Waals surface area (Å²) in [5.41, 5.74) is 6.78. The van der Waals surface area contributed by atoms with Crippen LogP contribution in [0.5, 0.6) is 11.5 Å². The normalized spacial score (nSPS) is 10.7. The average molecular weight is 388 g/mol. The quantitative estimate of drug-likeness (QED) is 0.571. The smallest absolute Gasteiger partial charge is 0.356 e. The fraction of sp³-hybridized carbons (Fsp3) is 0.0952. The Balaban J connectivity index is 2.17. The topological polar surface area (TPSA) is 116 Å². The lowest BCUT2D eigenvalue weighted by atomic mass is 9.98. The van der Waals surface area contributed by atoms with Crippen LogP contribution in [0.3, 0.4) is 0 Å². The molecular weight excluding hydrogens is 372 g/mol. The van der Waals surface area contributed by atoms with E-state index in [1.54, 1.807) is 30.3 Å². The zero-order valence-electron chi connectivity index (χ0n) is 15.7. The summed E-state index contributed by atoms with van der Waals surface area (Å²) in [7, 11) is 3.02. The summed E-state index contributed by atoms with van der Waals surface area (Å²) < 4.78 is 17.6. The fourth-order valence-corrected chi connectivity index (χ4v) is 3.24. The van der Waals surface area contributed by atoms with E-state index in [1.165, 1.54) is 18.9 Å².